The van der Waals surface area contributed by atoms with Crippen LogP contribution in [0, 0.1) is 12.3 Å². The highest BCUT2D eigenvalue weighted by Crippen LogP contribution is 2.06. The fraction of sp³-hybridized carbons (Fsp3) is 0.333. The van der Waals surface area contributed by atoms with Gasteiger partial charge in [-0.1, -0.05) is 5.92 Å². The molecule has 0 spiro atoms. The van der Waals surface area contributed by atoms with Crippen LogP contribution < -0.4 is 10.6 Å². The quantitative estimate of drug-likeness (QED) is 0.612. The van der Waals surface area contributed by atoms with Crippen LogP contribution in [0.3, 0.4) is 0 Å². The molecule has 4 heteroatoms. The van der Waals surface area contributed by atoms with Gasteiger partial charge in [-0.3, -0.25) is 0 Å². The predicted octanol–water partition coefficient (Wildman–Crippen LogP) is -0.158. The minimum Gasteiger partial charge on any atom is -0.365 e. The molecule has 0 unspecified atom stereocenters. The van der Waals surface area contributed by atoms with Crippen molar-refractivity contribution in [2.75, 3.05) is 18.4 Å². The summed E-state index contributed by atoms with van der Waals surface area (Å²) >= 11 is 0. The van der Waals surface area contributed by atoms with Crippen molar-refractivity contribution in [3.8, 4) is 12.3 Å². The van der Waals surface area contributed by atoms with Gasteiger partial charge in [0.1, 0.15) is 17.8 Å². The highest BCUT2D eigenvalue weighted by atomic mass is 15.1. The summed E-state index contributed by atoms with van der Waals surface area (Å²) in [6, 6.07) is 2.25. The molecule has 13 heavy (non-hydrogen) atoms. The predicted molar refractivity (Wildman–Crippen MR) is 50.2 cm³/mol. The number of nitrogens with one attached hydrogen (secondary N) is 2. The van der Waals surface area contributed by atoms with E-state index in [4.69, 9.17) is 6.42 Å². The van der Waals surface area contributed by atoms with E-state index in [-0.39, 0.29) is 0 Å². The molecule has 0 aliphatic carbocycles. The van der Waals surface area contributed by atoms with E-state index in [0.29, 0.717) is 11.7 Å². The highest BCUT2D eigenvalue weighted by Gasteiger charge is 2.16. The zero-order chi connectivity index (χ0) is 9.10. The minimum atomic E-state index is 0.473. The van der Waals surface area contributed by atoms with E-state index in [1.54, 1.807) is 6.07 Å². The maximum absolute atomic E-state index is 5.22. The van der Waals surface area contributed by atoms with E-state index in [9.17, 15) is 0 Å². The maximum Gasteiger partial charge on any atom is 0.130 e. The fourth-order valence-corrected chi connectivity index (χ4v) is 1.12. The first-order valence-electron chi connectivity index (χ1n) is 4.14. The molecule has 0 aromatic carbocycles. The summed E-state index contributed by atoms with van der Waals surface area (Å²) in [5.74, 6) is 3.27. The van der Waals surface area contributed by atoms with Gasteiger partial charge in [0.15, 0.2) is 0 Å². The Labute approximate surface area is 76.8 Å². The molecule has 4 nitrogen and oxygen atoms in total. The van der Waals surface area contributed by atoms with Crippen molar-refractivity contribution in [2.45, 2.75) is 6.04 Å². The van der Waals surface area contributed by atoms with Gasteiger partial charge in [-0.2, -0.15) is 0 Å². The number of aromatic nitrogens is 2. The Bertz CT molecular complexity index is 338. The van der Waals surface area contributed by atoms with Gasteiger partial charge in [0.25, 0.3) is 0 Å². The Kier molecular flexibility index (Phi) is 2.11. The summed E-state index contributed by atoms with van der Waals surface area (Å²) in [5, 5.41) is 6.41. The van der Waals surface area contributed by atoms with Crippen molar-refractivity contribution in [3.05, 3.63) is 18.1 Å². The first kappa shape index (κ1) is 8.02. The lowest BCUT2D eigenvalue weighted by atomic mass is 10.2. The summed E-state index contributed by atoms with van der Waals surface area (Å²) in [7, 11) is 0. The van der Waals surface area contributed by atoms with Crippen LogP contribution in [-0.2, 0) is 0 Å². The van der Waals surface area contributed by atoms with Crippen molar-refractivity contribution in [3.63, 3.8) is 0 Å². The lowest BCUT2D eigenvalue weighted by Gasteiger charge is -2.28. The van der Waals surface area contributed by atoms with Crippen molar-refractivity contribution in [2.24, 2.45) is 0 Å². The SMILES string of the molecule is C#Cc1cc(NC2CNC2)ncn1. The molecule has 0 radical (unpaired) electrons. The molecule has 1 aromatic rings. The number of terminal acetylenes is 1. The molecule has 0 saturated carbocycles. The molecule has 1 fully saturated rings. The van der Waals surface area contributed by atoms with Crippen LogP contribution in [0.2, 0.25) is 0 Å². The number of anilines is 1. The molecule has 1 saturated heterocycles. The smallest absolute Gasteiger partial charge is 0.130 e. The van der Waals surface area contributed by atoms with E-state index in [1.807, 2.05) is 0 Å². The molecule has 0 amide bonds. The van der Waals surface area contributed by atoms with Gasteiger partial charge < -0.3 is 10.6 Å². The number of hydrogen-bond acceptors (Lipinski definition) is 4. The van der Waals surface area contributed by atoms with Crippen LogP contribution in [0.25, 0.3) is 0 Å². The third-order valence-corrected chi connectivity index (χ3v) is 1.95. The van der Waals surface area contributed by atoms with Crippen molar-refractivity contribution in [1.29, 1.82) is 0 Å². The Balaban J connectivity index is 2.07. The van der Waals surface area contributed by atoms with Gasteiger partial charge in [-0.05, 0) is 0 Å². The summed E-state index contributed by atoms with van der Waals surface area (Å²) in [5.41, 5.74) is 0.616. The number of hydrogen-bond donors (Lipinski definition) is 2. The Morgan fingerprint density at radius 2 is 2.38 bits per heavy atom. The van der Waals surface area contributed by atoms with Crippen molar-refractivity contribution >= 4 is 5.82 Å². The molecule has 2 rings (SSSR count). The van der Waals surface area contributed by atoms with E-state index < -0.39 is 0 Å². The average Bonchev–Trinajstić information content (AvgIpc) is 2.12. The van der Waals surface area contributed by atoms with Crippen LogP contribution in [0.4, 0.5) is 5.82 Å². The molecule has 0 bridgehead atoms. The number of rotatable bonds is 2. The summed E-state index contributed by atoms with van der Waals surface area (Å²) in [4.78, 5) is 7.97. The van der Waals surface area contributed by atoms with Crippen molar-refractivity contribution in [1.82, 2.24) is 15.3 Å². The normalized spacial score (nSPS) is 15.9. The van der Waals surface area contributed by atoms with Gasteiger partial charge in [0.2, 0.25) is 0 Å². The zero-order valence-electron chi connectivity index (χ0n) is 7.12. The molecule has 1 aliphatic heterocycles. The lowest BCUT2D eigenvalue weighted by molar-refractivity contribution is 0.471. The van der Waals surface area contributed by atoms with Crippen LogP contribution in [0.15, 0.2) is 12.4 Å². The minimum absolute atomic E-state index is 0.473. The Morgan fingerprint density at radius 3 is 3.00 bits per heavy atom. The standard InChI is InChI=1S/C9H10N4/c1-2-7-3-9(12-6-11-7)13-8-4-10-5-8/h1,3,6,8,10H,4-5H2,(H,11,12,13). The van der Waals surface area contributed by atoms with Crippen LogP contribution >= 0.6 is 0 Å². The van der Waals surface area contributed by atoms with Gasteiger partial charge in [0, 0.05) is 19.2 Å². The molecule has 2 N–H and O–H groups in total. The molecule has 66 valence electrons. The van der Waals surface area contributed by atoms with Gasteiger partial charge in [0.05, 0.1) is 6.04 Å². The van der Waals surface area contributed by atoms with Gasteiger partial charge >= 0.3 is 0 Å². The third kappa shape index (κ3) is 1.76. The first-order valence-corrected chi connectivity index (χ1v) is 4.14. The third-order valence-electron chi connectivity index (χ3n) is 1.95. The molecule has 1 aromatic heterocycles. The second kappa shape index (κ2) is 3.42. The molecule has 0 atom stereocenters. The highest BCUT2D eigenvalue weighted by molar-refractivity contribution is 5.41. The van der Waals surface area contributed by atoms with E-state index >= 15 is 0 Å². The molecule has 2 heterocycles. The molecular formula is C9H10N4. The Hall–Kier alpha value is -1.60. The Morgan fingerprint density at radius 1 is 1.54 bits per heavy atom. The van der Waals surface area contributed by atoms with Gasteiger partial charge in [-0.25, -0.2) is 9.97 Å². The first-order chi connectivity index (χ1) is 6.38. The lowest BCUT2D eigenvalue weighted by Crippen LogP contribution is -2.51. The van der Waals surface area contributed by atoms with Crippen LogP contribution in [0.5, 0.6) is 0 Å². The summed E-state index contributed by atoms with van der Waals surface area (Å²) in [6.07, 6.45) is 6.69. The van der Waals surface area contributed by atoms with E-state index in [2.05, 4.69) is 26.5 Å². The zero-order valence-corrected chi connectivity index (χ0v) is 7.12. The topological polar surface area (TPSA) is 49.8 Å². The largest absolute Gasteiger partial charge is 0.365 e. The monoisotopic (exact) mass is 174 g/mol. The van der Waals surface area contributed by atoms with E-state index in [1.165, 1.54) is 6.33 Å². The van der Waals surface area contributed by atoms with Gasteiger partial charge in [-0.15, -0.1) is 6.42 Å². The van der Waals surface area contributed by atoms with Crippen LogP contribution in [0.1, 0.15) is 5.69 Å². The van der Waals surface area contributed by atoms with Crippen LogP contribution in [-0.4, -0.2) is 29.1 Å². The van der Waals surface area contributed by atoms with E-state index in [0.717, 1.165) is 18.9 Å². The second-order valence-electron chi connectivity index (χ2n) is 2.93. The number of nitrogens with zero attached hydrogens (tertiary/aromatic N) is 2. The molecule has 1 aliphatic rings. The molecular weight excluding hydrogens is 164 g/mol. The maximum atomic E-state index is 5.22. The summed E-state index contributed by atoms with van der Waals surface area (Å²) in [6.45, 7) is 1.96. The average molecular weight is 174 g/mol. The van der Waals surface area contributed by atoms with Crippen molar-refractivity contribution < 1.29 is 0 Å². The second-order valence-corrected chi connectivity index (χ2v) is 2.93. The fourth-order valence-electron chi connectivity index (χ4n) is 1.12. The summed E-state index contributed by atoms with van der Waals surface area (Å²) < 4.78 is 0.